The molecule has 0 bridgehead atoms. The van der Waals surface area contributed by atoms with Crippen molar-refractivity contribution in [3.8, 4) is 0 Å². The van der Waals surface area contributed by atoms with Crippen molar-refractivity contribution in [1.82, 2.24) is 0 Å². The van der Waals surface area contributed by atoms with Crippen LogP contribution in [-0.2, 0) is 19.8 Å². The molecule has 0 aliphatic carbocycles. The van der Waals surface area contributed by atoms with Crippen LogP contribution in [0.3, 0.4) is 0 Å². The molecule has 0 amide bonds. The Morgan fingerprint density at radius 3 is 1.67 bits per heavy atom. The summed E-state index contributed by atoms with van der Waals surface area (Å²) >= 11 is 0. The summed E-state index contributed by atoms with van der Waals surface area (Å²) in [6.07, 6.45) is 0. The van der Waals surface area contributed by atoms with Crippen molar-refractivity contribution in [1.29, 1.82) is 0 Å². The molecule has 0 radical (unpaired) electrons. The van der Waals surface area contributed by atoms with Gasteiger partial charge in [0.05, 0.1) is 0 Å². The third-order valence-corrected chi connectivity index (χ3v) is 0.556. The summed E-state index contributed by atoms with van der Waals surface area (Å²) in [6, 6.07) is 10.0. The first-order valence-corrected chi connectivity index (χ1v) is 1.67. The summed E-state index contributed by atoms with van der Waals surface area (Å²) in [5.74, 6) is 0. The van der Waals surface area contributed by atoms with Crippen molar-refractivity contribution < 1.29 is 19.8 Å². The molecule has 1 aromatic carbocycles. The van der Waals surface area contributed by atoms with Crippen LogP contribution >= 0.6 is 0 Å². The Labute approximate surface area is 50.6 Å². The topological polar surface area (TPSA) is 0 Å². The zero-order chi connectivity index (χ0) is 3.54. The van der Waals surface area contributed by atoms with E-state index in [1.54, 1.807) is 0 Å². The second kappa shape index (κ2) is 3.19. The first-order chi connectivity index (χ1) is 2.50. The van der Waals surface area contributed by atoms with Gasteiger partial charge in [0.25, 0.3) is 0 Å². The van der Waals surface area contributed by atoms with Crippen LogP contribution < -0.4 is 0 Å². The molecule has 0 nitrogen and oxygen atoms in total. The quantitative estimate of drug-likeness (QED) is 0.605. The largest absolute Gasteiger partial charge is 0.214 e. The van der Waals surface area contributed by atoms with Crippen molar-refractivity contribution in [2.24, 2.45) is 0 Å². The fraction of sp³-hybridized carbons (Fsp3) is 0. The van der Waals surface area contributed by atoms with Crippen molar-refractivity contribution >= 4 is 0 Å². The van der Waals surface area contributed by atoms with Gasteiger partial charge in [-0.3, -0.25) is 0 Å². The Morgan fingerprint density at radius 2 is 1.50 bits per heavy atom. The van der Waals surface area contributed by atoms with Crippen molar-refractivity contribution in [2.75, 3.05) is 0 Å². The van der Waals surface area contributed by atoms with E-state index in [9.17, 15) is 0 Å². The molecule has 0 fully saturated rings. The Morgan fingerprint density at radius 1 is 1.00 bits per heavy atom. The summed E-state index contributed by atoms with van der Waals surface area (Å²) in [4.78, 5) is 0. The summed E-state index contributed by atoms with van der Waals surface area (Å²) in [5.41, 5.74) is 0. The molecule has 1 aromatic rings. The Kier molecular flexibility index (Phi) is 3.18. The minimum Gasteiger partial charge on any atom is -0.214 e. The zero-order valence-corrected chi connectivity index (χ0v) is 6.23. The molecular formula is C5H7Os-. The van der Waals surface area contributed by atoms with Gasteiger partial charge in [0.2, 0.25) is 0 Å². The molecule has 1 rings (SSSR count). The third kappa shape index (κ3) is 1.43. The van der Waals surface area contributed by atoms with E-state index in [4.69, 9.17) is 0 Å². The zero-order valence-electron chi connectivity index (χ0n) is 3.29. The van der Waals surface area contributed by atoms with Crippen molar-refractivity contribution in [2.45, 2.75) is 0 Å². The summed E-state index contributed by atoms with van der Waals surface area (Å²) < 4.78 is 0. The Hall–Kier alpha value is -0.0136. The van der Waals surface area contributed by atoms with E-state index < -0.39 is 0 Å². The molecule has 0 saturated heterocycles. The van der Waals surface area contributed by atoms with Crippen molar-refractivity contribution in [3.63, 3.8) is 0 Å². The second-order valence-corrected chi connectivity index (χ2v) is 0.962. The monoisotopic (exact) mass is 259 g/mol. The van der Waals surface area contributed by atoms with Crippen LogP contribution in [0, 0.1) is 0 Å². The van der Waals surface area contributed by atoms with E-state index in [0.29, 0.717) is 0 Å². The first kappa shape index (κ1) is 5.99. The molecule has 1 heteroatoms. The van der Waals surface area contributed by atoms with Gasteiger partial charge in [-0.25, -0.2) is 12.1 Å². The van der Waals surface area contributed by atoms with Crippen LogP contribution in [0.5, 0.6) is 0 Å². The normalized spacial score (nSPS) is 6.67. The number of hydrogen-bond donors (Lipinski definition) is 0. The molecule has 6 heavy (non-hydrogen) atoms. The predicted molar refractivity (Wildman–Crippen MR) is 24.8 cm³/mol. The SMILES string of the molecule is [OsH2].c1cc[cH-]c1. The molecule has 0 unspecified atom stereocenters. The van der Waals surface area contributed by atoms with Crippen LogP contribution in [0.25, 0.3) is 0 Å². The van der Waals surface area contributed by atoms with E-state index in [2.05, 4.69) is 0 Å². The van der Waals surface area contributed by atoms with Crippen LogP contribution in [0.4, 0.5) is 0 Å². The smallest absolute Gasteiger partial charge is 0.172 e. The van der Waals surface area contributed by atoms with E-state index in [0.717, 1.165) is 0 Å². The maximum Gasteiger partial charge on any atom is -0.172 e. The minimum absolute atomic E-state index is 0. The maximum absolute atomic E-state index is 2.00. The average Bonchev–Trinajstić information content (AvgIpc) is 1.76. The summed E-state index contributed by atoms with van der Waals surface area (Å²) in [5, 5.41) is 0. The predicted octanol–water partition coefficient (Wildman–Crippen LogP) is 0.868. The molecule has 0 heterocycles. The standard InChI is InChI=1S/C5H5.Os.2H/c1-2-4-5-3-1;;;/h1-5H;;;/q-1;;;. The van der Waals surface area contributed by atoms with Gasteiger partial charge in [0, 0.05) is 0 Å². The minimum atomic E-state index is 0. The molecule has 0 aliphatic heterocycles. The van der Waals surface area contributed by atoms with E-state index in [1.165, 1.54) is 0 Å². The van der Waals surface area contributed by atoms with Crippen LogP contribution in [0.1, 0.15) is 0 Å². The summed E-state index contributed by atoms with van der Waals surface area (Å²) in [6.45, 7) is 0. The molecule has 36 valence electrons. The molecule has 0 saturated carbocycles. The third-order valence-electron chi connectivity index (χ3n) is 0.556. The molecule has 0 N–H and O–H groups in total. The van der Waals surface area contributed by atoms with Crippen LogP contribution in [0.15, 0.2) is 30.3 Å². The van der Waals surface area contributed by atoms with E-state index >= 15 is 0 Å². The average molecular weight is 257 g/mol. The van der Waals surface area contributed by atoms with Gasteiger partial charge in [0.15, 0.2) is 0 Å². The molecule has 0 aliphatic rings. The fourth-order valence-corrected chi connectivity index (χ4v) is 0.321. The van der Waals surface area contributed by atoms with Crippen molar-refractivity contribution in [3.05, 3.63) is 30.3 Å². The number of hydrogen-bond acceptors (Lipinski definition) is 0. The van der Waals surface area contributed by atoms with Gasteiger partial charge in [-0.2, -0.15) is 18.2 Å². The molecule has 0 spiro atoms. The van der Waals surface area contributed by atoms with Crippen LogP contribution in [-0.4, -0.2) is 0 Å². The fourth-order valence-electron chi connectivity index (χ4n) is 0.321. The Bertz CT molecular complexity index is 60.4. The van der Waals surface area contributed by atoms with Crippen LogP contribution in [0.2, 0.25) is 0 Å². The second-order valence-electron chi connectivity index (χ2n) is 0.962. The van der Waals surface area contributed by atoms with E-state index in [-0.39, 0.29) is 19.8 Å². The Balaban J connectivity index is 0.000000250. The van der Waals surface area contributed by atoms with Gasteiger partial charge in [0.1, 0.15) is 0 Å². The van der Waals surface area contributed by atoms with E-state index in [1.807, 2.05) is 30.3 Å². The van der Waals surface area contributed by atoms with Gasteiger partial charge in [-0.15, -0.1) is 0 Å². The number of rotatable bonds is 0. The maximum atomic E-state index is 2.00. The summed E-state index contributed by atoms with van der Waals surface area (Å²) in [7, 11) is 0. The van der Waals surface area contributed by atoms with Gasteiger partial charge in [-0.1, -0.05) is 0 Å². The first-order valence-electron chi connectivity index (χ1n) is 1.67. The van der Waals surface area contributed by atoms with Gasteiger partial charge < -0.3 is 0 Å². The van der Waals surface area contributed by atoms with Gasteiger partial charge in [-0.05, 0) is 0 Å². The molecule has 0 aromatic heterocycles. The molecular weight excluding hydrogens is 250 g/mol. The molecule has 0 atom stereocenters. The van der Waals surface area contributed by atoms with Gasteiger partial charge >= 0.3 is 19.8 Å².